The summed E-state index contributed by atoms with van der Waals surface area (Å²) in [4.78, 5) is 24.8. The van der Waals surface area contributed by atoms with Crippen molar-refractivity contribution in [3.05, 3.63) is 12.2 Å². The molecule has 3 unspecified atom stereocenters. The molecule has 0 saturated heterocycles. The molecule has 3 atom stereocenters. The smallest absolute Gasteiger partial charge is 0.279 e. The van der Waals surface area contributed by atoms with Crippen molar-refractivity contribution >= 4 is 24.4 Å². The first kappa shape index (κ1) is 10.3. The fourth-order valence-electron chi connectivity index (χ4n) is 1.88. The van der Waals surface area contributed by atoms with Gasteiger partial charge in [0.15, 0.2) is 12.3 Å². The highest BCUT2D eigenvalue weighted by molar-refractivity contribution is 6.19. The molecular formula is C10H10N4O3. The zero-order valence-electron chi connectivity index (χ0n) is 8.80. The summed E-state index contributed by atoms with van der Waals surface area (Å²) in [6, 6.07) is -0.648. The number of ether oxygens (including phenoxy) is 1. The predicted molar refractivity (Wildman–Crippen MR) is 59.9 cm³/mol. The van der Waals surface area contributed by atoms with Gasteiger partial charge >= 0.3 is 0 Å². The third-order valence-electron chi connectivity index (χ3n) is 2.72. The van der Waals surface area contributed by atoms with Gasteiger partial charge in [0.1, 0.15) is 18.3 Å². The van der Waals surface area contributed by atoms with Gasteiger partial charge in [0.25, 0.3) is 5.91 Å². The van der Waals surface area contributed by atoms with Gasteiger partial charge in [0.2, 0.25) is 0 Å². The summed E-state index contributed by atoms with van der Waals surface area (Å²) in [6.07, 6.45) is 5.61. The molecular weight excluding hydrogens is 224 g/mol. The standard InChI is InChI=1S/C10H10N4O3/c15-3-6-1-2-7(17-6)14-5-13-8-9(14)11-4-12-10(8)16/h1-2,4-8,15H,3H2. The number of amides is 1. The molecule has 1 amide bonds. The molecule has 0 aromatic carbocycles. The topological polar surface area (TPSA) is 86.9 Å². The number of hydrogen-bond donors (Lipinski definition) is 1. The Morgan fingerprint density at radius 2 is 2.35 bits per heavy atom. The van der Waals surface area contributed by atoms with Crippen LogP contribution in [0.1, 0.15) is 0 Å². The Morgan fingerprint density at radius 1 is 1.47 bits per heavy atom. The quantitative estimate of drug-likeness (QED) is 0.617. The van der Waals surface area contributed by atoms with Crippen LogP contribution in [0.3, 0.4) is 0 Å². The van der Waals surface area contributed by atoms with Crippen LogP contribution in [0.4, 0.5) is 0 Å². The summed E-state index contributed by atoms with van der Waals surface area (Å²) in [7, 11) is 0. The van der Waals surface area contributed by atoms with Crippen molar-refractivity contribution in [2.24, 2.45) is 15.0 Å². The molecule has 7 nitrogen and oxygen atoms in total. The fraction of sp³-hybridized carbons (Fsp3) is 0.400. The lowest BCUT2D eigenvalue weighted by atomic mass is 10.2. The summed E-state index contributed by atoms with van der Waals surface area (Å²) in [5, 5.41) is 8.97. The van der Waals surface area contributed by atoms with Gasteiger partial charge in [-0.2, -0.15) is 4.99 Å². The van der Waals surface area contributed by atoms with Crippen LogP contribution < -0.4 is 0 Å². The monoisotopic (exact) mass is 234 g/mol. The number of aliphatic imine (C=N–C) groups is 3. The number of rotatable bonds is 2. The van der Waals surface area contributed by atoms with Crippen LogP contribution in [-0.2, 0) is 9.53 Å². The predicted octanol–water partition coefficient (Wildman–Crippen LogP) is -1.06. The van der Waals surface area contributed by atoms with E-state index in [-0.39, 0.29) is 24.8 Å². The number of amidine groups is 1. The van der Waals surface area contributed by atoms with Gasteiger partial charge in [-0.1, -0.05) is 6.08 Å². The van der Waals surface area contributed by atoms with Crippen molar-refractivity contribution in [1.29, 1.82) is 0 Å². The molecule has 0 aromatic heterocycles. The van der Waals surface area contributed by atoms with E-state index >= 15 is 0 Å². The molecule has 0 bridgehead atoms. The first-order chi connectivity index (χ1) is 8.29. The Bertz CT molecular complexity index is 468. The average molecular weight is 234 g/mol. The Hall–Kier alpha value is -1.86. The number of carbonyl (C=O) groups excluding carboxylic acids is 1. The molecule has 0 aromatic rings. The maximum Gasteiger partial charge on any atom is 0.279 e. The summed E-state index contributed by atoms with van der Waals surface area (Å²) in [6.45, 7) is -0.0751. The second kappa shape index (κ2) is 3.86. The molecule has 0 radical (unpaired) electrons. The second-order valence-corrected chi connectivity index (χ2v) is 3.78. The maximum absolute atomic E-state index is 11.4. The van der Waals surface area contributed by atoms with Crippen molar-refractivity contribution in [2.75, 3.05) is 6.61 Å². The normalized spacial score (nSPS) is 34.4. The molecule has 0 spiro atoms. The van der Waals surface area contributed by atoms with E-state index in [0.717, 1.165) is 0 Å². The van der Waals surface area contributed by atoms with Gasteiger partial charge < -0.3 is 9.84 Å². The van der Waals surface area contributed by atoms with Crippen molar-refractivity contribution in [3.8, 4) is 0 Å². The lowest BCUT2D eigenvalue weighted by Gasteiger charge is -2.24. The lowest BCUT2D eigenvalue weighted by Crippen LogP contribution is -2.43. The fourth-order valence-corrected chi connectivity index (χ4v) is 1.88. The zero-order chi connectivity index (χ0) is 11.8. The Morgan fingerprint density at radius 3 is 3.12 bits per heavy atom. The van der Waals surface area contributed by atoms with Crippen LogP contribution in [0.5, 0.6) is 0 Å². The van der Waals surface area contributed by atoms with E-state index in [2.05, 4.69) is 15.0 Å². The summed E-state index contributed by atoms with van der Waals surface area (Å²) in [5.74, 6) is 0.188. The van der Waals surface area contributed by atoms with E-state index in [0.29, 0.717) is 5.84 Å². The van der Waals surface area contributed by atoms with Crippen LogP contribution in [0, 0.1) is 0 Å². The second-order valence-electron chi connectivity index (χ2n) is 3.78. The molecule has 3 heterocycles. The highest BCUT2D eigenvalue weighted by Gasteiger charge is 2.38. The van der Waals surface area contributed by atoms with Crippen molar-refractivity contribution in [1.82, 2.24) is 4.90 Å². The highest BCUT2D eigenvalue weighted by Crippen LogP contribution is 2.21. The summed E-state index contributed by atoms with van der Waals surface area (Å²) < 4.78 is 5.52. The van der Waals surface area contributed by atoms with Gasteiger partial charge in [0.05, 0.1) is 12.9 Å². The van der Waals surface area contributed by atoms with E-state index < -0.39 is 6.04 Å². The van der Waals surface area contributed by atoms with Crippen molar-refractivity contribution < 1.29 is 14.6 Å². The molecule has 0 saturated carbocycles. The molecule has 7 heteroatoms. The molecule has 3 rings (SSSR count). The number of aliphatic hydroxyl groups excluding tert-OH is 1. The minimum atomic E-state index is -0.648. The van der Waals surface area contributed by atoms with Crippen molar-refractivity contribution in [3.63, 3.8) is 0 Å². The molecule has 3 aliphatic heterocycles. The Labute approximate surface area is 96.8 Å². The molecule has 3 aliphatic rings. The first-order valence-corrected chi connectivity index (χ1v) is 5.20. The van der Waals surface area contributed by atoms with Gasteiger partial charge in [-0.25, -0.2) is 4.99 Å². The Balaban J connectivity index is 1.81. The number of carbonyl (C=O) groups is 1. The van der Waals surface area contributed by atoms with Gasteiger partial charge in [-0.3, -0.25) is 14.7 Å². The van der Waals surface area contributed by atoms with Crippen LogP contribution >= 0.6 is 0 Å². The molecule has 17 heavy (non-hydrogen) atoms. The van der Waals surface area contributed by atoms with E-state index in [1.807, 2.05) is 0 Å². The largest absolute Gasteiger partial charge is 0.393 e. The highest BCUT2D eigenvalue weighted by atomic mass is 16.5. The van der Waals surface area contributed by atoms with Crippen molar-refractivity contribution in [2.45, 2.75) is 18.4 Å². The minimum Gasteiger partial charge on any atom is -0.393 e. The molecule has 0 fully saturated rings. The van der Waals surface area contributed by atoms with Crippen LogP contribution in [0.2, 0.25) is 0 Å². The average Bonchev–Trinajstić information content (AvgIpc) is 2.94. The lowest BCUT2D eigenvalue weighted by molar-refractivity contribution is -0.117. The third-order valence-corrected chi connectivity index (χ3v) is 2.72. The van der Waals surface area contributed by atoms with E-state index in [9.17, 15) is 4.79 Å². The molecule has 1 N–H and O–H groups in total. The van der Waals surface area contributed by atoms with Crippen LogP contribution in [0.25, 0.3) is 0 Å². The zero-order valence-corrected chi connectivity index (χ0v) is 8.80. The van der Waals surface area contributed by atoms with Gasteiger partial charge in [-0.05, 0) is 6.08 Å². The van der Waals surface area contributed by atoms with E-state index in [4.69, 9.17) is 9.84 Å². The molecule has 0 aliphatic carbocycles. The van der Waals surface area contributed by atoms with Crippen LogP contribution in [-0.4, -0.2) is 59.4 Å². The first-order valence-electron chi connectivity index (χ1n) is 5.20. The number of hydrogen-bond acceptors (Lipinski definition) is 6. The molecule has 88 valence electrons. The summed E-state index contributed by atoms with van der Waals surface area (Å²) in [5.41, 5.74) is 0. The number of aliphatic hydroxyl groups is 1. The third kappa shape index (κ3) is 1.60. The number of nitrogens with zero attached hydrogens (tertiary/aromatic N) is 4. The number of fused-ring (bicyclic) bond motifs is 1. The van der Waals surface area contributed by atoms with E-state index in [1.165, 1.54) is 12.7 Å². The summed E-state index contributed by atoms with van der Waals surface area (Å²) >= 11 is 0. The van der Waals surface area contributed by atoms with Gasteiger partial charge in [0, 0.05) is 0 Å². The van der Waals surface area contributed by atoms with Crippen LogP contribution in [0.15, 0.2) is 27.1 Å². The van der Waals surface area contributed by atoms with E-state index in [1.54, 1.807) is 17.1 Å². The minimum absolute atomic E-state index is 0.0751. The SMILES string of the molecule is O=C1N=CN=C2C1N=CN2C1C=CC(CO)O1. The Kier molecular flexibility index (Phi) is 2.34. The van der Waals surface area contributed by atoms with Gasteiger partial charge in [-0.15, -0.1) is 0 Å². The maximum atomic E-state index is 11.4.